The Morgan fingerprint density at radius 3 is 1.19 bits per heavy atom. The molecule has 0 fully saturated rings. The summed E-state index contributed by atoms with van der Waals surface area (Å²) in [5.41, 5.74) is 0.352. The van der Waals surface area contributed by atoms with E-state index in [2.05, 4.69) is 0 Å². The van der Waals surface area contributed by atoms with Gasteiger partial charge >= 0.3 is 0 Å². The number of rotatable bonds is 4. The van der Waals surface area contributed by atoms with Crippen molar-refractivity contribution in [1.29, 1.82) is 0 Å². The second kappa shape index (κ2) is 5.98. The van der Waals surface area contributed by atoms with E-state index in [9.17, 15) is 8.42 Å². The molecule has 0 unspecified atom stereocenters. The van der Waals surface area contributed by atoms with Crippen LogP contribution in [0.4, 0.5) is 0 Å². The SMILES string of the molecule is O=S(=O)(C(Cl)(Cl)c1ccccc1)C(Cl)(Cl)c1ccccc1. The zero-order valence-corrected chi connectivity index (χ0v) is 14.4. The van der Waals surface area contributed by atoms with Gasteiger partial charge in [-0.05, 0) is 0 Å². The molecule has 0 saturated heterocycles. The Labute approximate surface area is 143 Å². The van der Waals surface area contributed by atoms with Crippen LogP contribution in [0.3, 0.4) is 0 Å². The molecule has 0 atom stereocenters. The summed E-state index contributed by atoms with van der Waals surface area (Å²) in [5.74, 6) is 0. The minimum atomic E-state index is -4.38. The van der Waals surface area contributed by atoms with Gasteiger partial charge in [0, 0.05) is 11.1 Å². The highest BCUT2D eigenvalue weighted by Crippen LogP contribution is 2.52. The van der Waals surface area contributed by atoms with Gasteiger partial charge in [0.25, 0.3) is 0 Å². The van der Waals surface area contributed by atoms with Crippen molar-refractivity contribution < 1.29 is 8.42 Å². The molecule has 0 amide bonds. The standard InChI is InChI=1S/C14H10Cl4O2S/c15-13(16,11-7-3-1-4-8-11)21(19,20)14(17,18)12-9-5-2-6-10-12/h1-10H. The van der Waals surface area contributed by atoms with E-state index < -0.39 is 17.2 Å². The lowest BCUT2D eigenvalue weighted by Crippen LogP contribution is -2.36. The van der Waals surface area contributed by atoms with Gasteiger partial charge in [-0.2, -0.15) is 0 Å². The minimum Gasteiger partial charge on any atom is -0.222 e. The van der Waals surface area contributed by atoms with E-state index in [0.717, 1.165) is 0 Å². The Hall–Kier alpha value is -0.450. The Balaban J connectivity index is 2.56. The summed E-state index contributed by atoms with van der Waals surface area (Å²) in [4.78, 5) is 0. The number of alkyl halides is 4. The first-order chi connectivity index (χ1) is 9.71. The van der Waals surface area contributed by atoms with Gasteiger partial charge in [-0.15, -0.1) is 0 Å². The molecule has 0 spiro atoms. The fourth-order valence-electron chi connectivity index (χ4n) is 1.74. The fourth-order valence-corrected chi connectivity index (χ4v) is 5.32. The molecule has 112 valence electrons. The largest absolute Gasteiger partial charge is 0.246 e. The summed E-state index contributed by atoms with van der Waals surface area (Å²) >= 11 is 24.4. The summed E-state index contributed by atoms with van der Waals surface area (Å²) in [6, 6.07) is 15.9. The third kappa shape index (κ3) is 2.90. The number of halogens is 4. The second-order valence-electron chi connectivity index (χ2n) is 4.27. The van der Waals surface area contributed by atoms with E-state index in [4.69, 9.17) is 46.4 Å². The first-order valence-corrected chi connectivity index (χ1v) is 8.81. The molecule has 0 bridgehead atoms. The van der Waals surface area contributed by atoms with Crippen molar-refractivity contribution in [3.63, 3.8) is 0 Å². The van der Waals surface area contributed by atoms with Crippen molar-refractivity contribution in [3.05, 3.63) is 71.8 Å². The predicted octanol–water partition coefficient (Wildman–Crippen LogP) is 4.98. The maximum atomic E-state index is 12.7. The van der Waals surface area contributed by atoms with E-state index >= 15 is 0 Å². The lowest BCUT2D eigenvalue weighted by atomic mass is 10.2. The van der Waals surface area contributed by atoms with Crippen molar-refractivity contribution in [3.8, 4) is 0 Å². The molecular weight excluding hydrogens is 374 g/mol. The van der Waals surface area contributed by atoms with E-state index in [0.29, 0.717) is 0 Å². The van der Waals surface area contributed by atoms with Crippen molar-refractivity contribution in [1.82, 2.24) is 0 Å². The maximum absolute atomic E-state index is 12.7. The summed E-state index contributed by atoms with van der Waals surface area (Å²) in [6.45, 7) is 0. The summed E-state index contributed by atoms with van der Waals surface area (Å²) in [5, 5.41) is 0. The van der Waals surface area contributed by atoms with Crippen molar-refractivity contribution in [2.24, 2.45) is 0 Å². The fraction of sp³-hybridized carbons (Fsp3) is 0.143. The van der Waals surface area contributed by atoms with Crippen LogP contribution in [0.25, 0.3) is 0 Å². The lowest BCUT2D eigenvalue weighted by Gasteiger charge is -2.29. The average molecular weight is 384 g/mol. The van der Waals surface area contributed by atoms with Gasteiger partial charge in [0.05, 0.1) is 0 Å². The van der Waals surface area contributed by atoms with Gasteiger partial charge < -0.3 is 0 Å². The Bertz CT molecular complexity index is 656. The van der Waals surface area contributed by atoms with Gasteiger partial charge in [0.2, 0.25) is 17.2 Å². The molecule has 0 aliphatic rings. The molecule has 2 nitrogen and oxygen atoms in total. The quantitative estimate of drug-likeness (QED) is 0.698. The topological polar surface area (TPSA) is 34.1 Å². The first kappa shape index (κ1) is 16.9. The zero-order valence-electron chi connectivity index (χ0n) is 10.5. The number of benzene rings is 2. The molecule has 21 heavy (non-hydrogen) atoms. The normalized spacial score (nSPS) is 13.1. The maximum Gasteiger partial charge on any atom is 0.246 e. The van der Waals surface area contributed by atoms with Crippen molar-refractivity contribution >= 4 is 56.2 Å². The second-order valence-corrected chi connectivity index (χ2v) is 10.1. The average Bonchev–Trinajstić information content (AvgIpc) is 2.48. The third-order valence-electron chi connectivity index (χ3n) is 2.89. The Kier molecular flexibility index (Phi) is 4.81. The van der Waals surface area contributed by atoms with E-state index in [1.165, 1.54) is 24.3 Å². The molecule has 2 aromatic carbocycles. The molecule has 0 N–H and O–H groups in total. The monoisotopic (exact) mass is 382 g/mol. The van der Waals surface area contributed by atoms with Crippen LogP contribution < -0.4 is 0 Å². The predicted molar refractivity (Wildman–Crippen MR) is 88.6 cm³/mol. The van der Waals surface area contributed by atoms with Gasteiger partial charge in [-0.25, -0.2) is 8.42 Å². The number of hydrogen-bond acceptors (Lipinski definition) is 2. The Morgan fingerprint density at radius 1 is 0.619 bits per heavy atom. The number of sulfone groups is 1. The van der Waals surface area contributed by atoms with Gasteiger partial charge in [0.1, 0.15) is 0 Å². The third-order valence-corrected chi connectivity index (χ3v) is 8.03. The smallest absolute Gasteiger partial charge is 0.222 e. The van der Waals surface area contributed by atoms with Crippen molar-refractivity contribution in [2.45, 2.75) is 7.33 Å². The van der Waals surface area contributed by atoms with Crippen LogP contribution >= 0.6 is 46.4 Å². The molecule has 0 heterocycles. The lowest BCUT2D eigenvalue weighted by molar-refractivity contribution is 0.583. The molecule has 2 aromatic rings. The zero-order chi connectivity index (χ0) is 15.7. The van der Waals surface area contributed by atoms with Crippen LogP contribution in [-0.2, 0) is 17.2 Å². The van der Waals surface area contributed by atoms with E-state index in [-0.39, 0.29) is 11.1 Å². The summed E-state index contributed by atoms with van der Waals surface area (Å²) in [7, 11) is -4.38. The highest BCUT2D eigenvalue weighted by molar-refractivity contribution is 7.98. The van der Waals surface area contributed by atoms with Gasteiger partial charge in [-0.1, -0.05) is 107 Å². The van der Waals surface area contributed by atoms with Crippen LogP contribution in [0.15, 0.2) is 60.7 Å². The van der Waals surface area contributed by atoms with Crippen LogP contribution in [0.5, 0.6) is 0 Å². The van der Waals surface area contributed by atoms with Gasteiger partial charge in [0.15, 0.2) is 0 Å². The molecule has 0 saturated carbocycles. The molecule has 0 aromatic heterocycles. The van der Waals surface area contributed by atoms with Crippen LogP contribution in [0.2, 0.25) is 0 Å². The number of hydrogen-bond donors (Lipinski definition) is 0. The molecule has 0 aliphatic carbocycles. The molecule has 2 rings (SSSR count). The highest BCUT2D eigenvalue weighted by Gasteiger charge is 2.55. The molecule has 7 heteroatoms. The molecular formula is C14H10Cl4O2S. The van der Waals surface area contributed by atoms with E-state index in [1.54, 1.807) is 36.4 Å². The minimum absolute atomic E-state index is 0.176. The molecule has 0 aliphatic heterocycles. The highest BCUT2D eigenvalue weighted by atomic mass is 35.5. The first-order valence-electron chi connectivity index (χ1n) is 5.82. The van der Waals surface area contributed by atoms with E-state index in [1.807, 2.05) is 0 Å². The summed E-state index contributed by atoms with van der Waals surface area (Å²) < 4.78 is 21.0. The summed E-state index contributed by atoms with van der Waals surface area (Å²) in [6.07, 6.45) is 0. The Morgan fingerprint density at radius 2 is 0.905 bits per heavy atom. The van der Waals surface area contributed by atoms with Crippen LogP contribution in [-0.4, -0.2) is 8.42 Å². The van der Waals surface area contributed by atoms with Crippen LogP contribution in [0, 0.1) is 0 Å². The van der Waals surface area contributed by atoms with Crippen LogP contribution in [0.1, 0.15) is 11.1 Å². The van der Waals surface area contributed by atoms with Crippen molar-refractivity contribution in [2.75, 3.05) is 0 Å². The molecule has 0 radical (unpaired) electrons. The van der Waals surface area contributed by atoms with Gasteiger partial charge in [-0.3, -0.25) is 0 Å².